The van der Waals surface area contributed by atoms with Crippen LogP contribution >= 0.6 is 11.3 Å². The van der Waals surface area contributed by atoms with E-state index in [0.29, 0.717) is 17.8 Å². The van der Waals surface area contributed by atoms with Gasteiger partial charge >= 0.3 is 0 Å². The highest BCUT2D eigenvalue weighted by atomic mass is 32.1. The van der Waals surface area contributed by atoms with E-state index in [2.05, 4.69) is 10.3 Å². The van der Waals surface area contributed by atoms with Gasteiger partial charge in [0.15, 0.2) is 0 Å². The van der Waals surface area contributed by atoms with Gasteiger partial charge in [-0.1, -0.05) is 12.1 Å². The van der Waals surface area contributed by atoms with E-state index in [1.807, 2.05) is 13.8 Å². The number of nitrogens with two attached hydrogens (primary N) is 1. The van der Waals surface area contributed by atoms with Gasteiger partial charge in [-0.25, -0.2) is 9.37 Å². The summed E-state index contributed by atoms with van der Waals surface area (Å²) in [5, 5.41) is 3.71. The zero-order valence-electron chi connectivity index (χ0n) is 12.7. The highest BCUT2D eigenvalue weighted by molar-refractivity contribution is 7.13. The summed E-state index contributed by atoms with van der Waals surface area (Å²) in [5.74, 6) is -0.366. The Morgan fingerprint density at radius 1 is 1.41 bits per heavy atom. The van der Waals surface area contributed by atoms with E-state index in [1.165, 1.54) is 23.5 Å². The number of amides is 1. The predicted molar refractivity (Wildman–Crippen MR) is 86.7 cm³/mol. The van der Waals surface area contributed by atoms with E-state index in [1.54, 1.807) is 12.1 Å². The highest BCUT2D eigenvalue weighted by Crippen LogP contribution is 2.21. The van der Waals surface area contributed by atoms with E-state index in [9.17, 15) is 9.18 Å². The van der Waals surface area contributed by atoms with Gasteiger partial charge in [-0.2, -0.15) is 0 Å². The zero-order chi connectivity index (χ0) is 16.1. The molecule has 0 radical (unpaired) electrons. The number of hydrogen-bond donors (Lipinski definition) is 2. The number of nitrogens with zero attached hydrogens (tertiary/aromatic N) is 1. The van der Waals surface area contributed by atoms with Crippen molar-refractivity contribution in [1.82, 2.24) is 10.3 Å². The van der Waals surface area contributed by atoms with Crippen molar-refractivity contribution in [2.45, 2.75) is 32.7 Å². The lowest BCUT2D eigenvalue weighted by Gasteiger charge is -2.06. The molecule has 0 saturated carbocycles. The number of hydrogen-bond acceptors (Lipinski definition) is 4. The number of carbonyl (C=O) groups is 1. The maximum atomic E-state index is 12.9. The molecule has 118 valence electrons. The molecule has 0 saturated heterocycles. The number of rotatable bonds is 6. The molecule has 3 N–H and O–H groups in total. The van der Waals surface area contributed by atoms with Crippen molar-refractivity contribution in [1.29, 1.82) is 0 Å². The number of carbonyl (C=O) groups excluding carboxylic acids is 1. The molecule has 1 unspecified atom stereocenters. The van der Waals surface area contributed by atoms with Crippen LogP contribution in [0.5, 0.6) is 0 Å². The smallest absolute Gasteiger partial charge is 0.263 e. The maximum absolute atomic E-state index is 12.9. The molecule has 0 bridgehead atoms. The lowest BCUT2D eigenvalue weighted by molar-refractivity contribution is 0.0956. The van der Waals surface area contributed by atoms with Crippen LogP contribution in [-0.2, 0) is 6.42 Å². The van der Waals surface area contributed by atoms with E-state index in [4.69, 9.17) is 5.73 Å². The fourth-order valence-corrected chi connectivity index (χ4v) is 3.02. The number of halogens is 1. The number of aromatic nitrogens is 1. The minimum Gasteiger partial charge on any atom is -0.351 e. The van der Waals surface area contributed by atoms with Crippen LogP contribution in [0.3, 0.4) is 0 Å². The van der Waals surface area contributed by atoms with Gasteiger partial charge < -0.3 is 11.1 Å². The molecule has 6 heteroatoms. The predicted octanol–water partition coefficient (Wildman–Crippen LogP) is 2.65. The van der Waals surface area contributed by atoms with Crippen molar-refractivity contribution in [2.24, 2.45) is 5.73 Å². The average Bonchev–Trinajstić information content (AvgIpc) is 2.82. The standard InChI is InChI=1S/C16H20FN3OS/c1-10(18)7-8-19-16(21)15-11(2)20-14(22-15)9-12-3-5-13(17)6-4-12/h3-6,10H,7-9,18H2,1-2H3,(H,19,21). The Morgan fingerprint density at radius 2 is 2.09 bits per heavy atom. The Hall–Kier alpha value is -1.79. The highest BCUT2D eigenvalue weighted by Gasteiger charge is 2.15. The van der Waals surface area contributed by atoms with Crippen LogP contribution in [0.15, 0.2) is 24.3 Å². The van der Waals surface area contributed by atoms with E-state index in [-0.39, 0.29) is 17.8 Å². The average molecular weight is 321 g/mol. The van der Waals surface area contributed by atoms with Crippen molar-refractivity contribution < 1.29 is 9.18 Å². The minimum absolute atomic E-state index is 0.0666. The van der Waals surface area contributed by atoms with Crippen LogP contribution < -0.4 is 11.1 Å². The maximum Gasteiger partial charge on any atom is 0.263 e. The van der Waals surface area contributed by atoms with Crippen LogP contribution in [0.4, 0.5) is 4.39 Å². The molecule has 0 aliphatic carbocycles. The second-order valence-corrected chi connectivity index (χ2v) is 6.43. The first-order valence-electron chi connectivity index (χ1n) is 7.20. The van der Waals surface area contributed by atoms with E-state index in [0.717, 1.165) is 22.7 Å². The lowest BCUT2D eigenvalue weighted by atomic mass is 10.1. The number of benzene rings is 1. The fourth-order valence-electron chi connectivity index (χ4n) is 2.01. The Kier molecular flexibility index (Phi) is 5.63. The molecule has 1 atom stereocenters. The summed E-state index contributed by atoms with van der Waals surface area (Å²) in [6.07, 6.45) is 1.34. The van der Waals surface area contributed by atoms with Crippen LogP contribution in [-0.4, -0.2) is 23.5 Å². The fraction of sp³-hybridized carbons (Fsp3) is 0.375. The van der Waals surface area contributed by atoms with E-state index < -0.39 is 0 Å². The first-order chi connectivity index (χ1) is 10.5. The third-order valence-corrected chi connectivity index (χ3v) is 4.36. The molecule has 0 spiro atoms. The summed E-state index contributed by atoms with van der Waals surface area (Å²) in [6, 6.07) is 6.38. The van der Waals surface area contributed by atoms with Gasteiger partial charge in [0.25, 0.3) is 5.91 Å². The van der Waals surface area contributed by atoms with Crippen LogP contribution in [0, 0.1) is 12.7 Å². The number of nitrogens with one attached hydrogen (secondary N) is 1. The van der Waals surface area contributed by atoms with Crippen molar-refractivity contribution in [3.05, 3.63) is 51.2 Å². The van der Waals surface area contributed by atoms with Gasteiger partial charge in [-0.3, -0.25) is 4.79 Å². The van der Waals surface area contributed by atoms with E-state index >= 15 is 0 Å². The summed E-state index contributed by atoms with van der Waals surface area (Å²) in [7, 11) is 0. The SMILES string of the molecule is Cc1nc(Cc2ccc(F)cc2)sc1C(=O)NCCC(C)N. The Balaban J connectivity index is 2.01. The van der Waals surface area contributed by atoms with Gasteiger partial charge in [-0.05, 0) is 38.0 Å². The third kappa shape index (κ3) is 4.61. The molecule has 22 heavy (non-hydrogen) atoms. The molecule has 0 aliphatic heterocycles. The summed E-state index contributed by atoms with van der Waals surface area (Å²) in [4.78, 5) is 17.2. The van der Waals surface area contributed by atoms with Gasteiger partial charge in [0.05, 0.1) is 10.7 Å². The molecule has 4 nitrogen and oxygen atoms in total. The number of thiazole rings is 1. The van der Waals surface area contributed by atoms with Crippen molar-refractivity contribution in [2.75, 3.05) is 6.54 Å². The topological polar surface area (TPSA) is 68.0 Å². The first-order valence-corrected chi connectivity index (χ1v) is 8.02. The summed E-state index contributed by atoms with van der Waals surface area (Å²) >= 11 is 1.38. The van der Waals surface area contributed by atoms with Crippen LogP contribution in [0.25, 0.3) is 0 Å². The molecular formula is C16H20FN3OS. The molecule has 1 heterocycles. The van der Waals surface area contributed by atoms with Gasteiger partial charge in [0, 0.05) is 19.0 Å². The van der Waals surface area contributed by atoms with Crippen LogP contribution in [0.2, 0.25) is 0 Å². The lowest BCUT2D eigenvalue weighted by Crippen LogP contribution is -2.28. The quantitative estimate of drug-likeness (QED) is 0.859. The summed E-state index contributed by atoms with van der Waals surface area (Å²) in [5.41, 5.74) is 7.35. The Labute approximate surface area is 133 Å². The molecule has 0 fully saturated rings. The van der Waals surface area contributed by atoms with Crippen molar-refractivity contribution >= 4 is 17.2 Å². The molecule has 1 aromatic carbocycles. The van der Waals surface area contributed by atoms with Gasteiger partial charge in [0.1, 0.15) is 10.7 Å². The largest absolute Gasteiger partial charge is 0.351 e. The Bertz CT molecular complexity index is 637. The third-order valence-electron chi connectivity index (χ3n) is 3.20. The monoisotopic (exact) mass is 321 g/mol. The van der Waals surface area contributed by atoms with Gasteiger partial charge in [0.2, 0.25) is 0 Å². The summed E-state index contributed by atoms with van der Waals surface area (Å²) < 4.78 is 12.9. The van der Waals surface area contributed by atoms with Gasteiger partial charge in [-0.15, -0.1) is 11.3 Å². The second kappa shape index (κ2) is 7.47. The van der Waals surface area contributed by atoms with Crippen LogP contribution in [0.1, 0.15) is 39.3 Å². The van der Waals surface area contributed by atoms with Crippen molar-refractivity contribution in [3.8, 4) is 0 Å². The molecule has 2 aromatic rings. The number of aryl methyl sites for hydroxylation is 1. The molecule has 1 amide bonds. The Morgan fingerprint density at radius 3 is 2.73 bits per heavy atom. The zero-order valence-corrected chi connectivity index (χ0v) is 13.5. The first kappa shape index (κ1) is 16.6. The molecule has 2 rings (SSSR count). The minimum atomic E-state index is -0.256. The molecule has 0 aliphatic rings. The molecule has 1 aromatic heterocycles. The second-order valence-electron chi connectivity index (χ2n) is 5.35. The summed E-state index contributed by atoms with van der Waals surface area (Å²) in [6.45, 7) is 4.29. The van der Waals surface area contributed by atoms with Crippen molar-refractivity contribution in [3.63, 3.8) is 0 Å². The molecular weight excluding hydrogens is 301 g/mol. The normalized spacial score (nSPS) is 12.2.